The summed E-state index contributed by atoms with van der Waals surface area (Å²) in [6.07, 6.45) is 0. The van der Waals surface area contributed by atoms with Crippen molar-refractivity contribution >= 4 is 39.1 Å². The molecule has 1 unspecified atom stereocenters. The van der Waals surface area contributed by atoms with E-state index in [4.69, 9.17) is 4.74 Å². The number of aryl methyl sites for hydroxylation is 1. The van der Waals surface area contributed by atoms with E-state index in [0.717, 1.165) is 15.6 Å². The first-order valence-corrected chi connectivity index (χ1v) is 10.5. The standard InChI is InChI=1S/C25H20BrNO4/c1-15-14-17(10-13-20(15)31-2)23(28)21-22(16-8-11-18(26)12-9-16)27(25(30)24(21)29)19-6-4-3-5-7-19/h3-14,22,28H,1-2H3/b23-21-. The van der Waals surface area contributed by atoms with Gasteiger partial charge in [0.25, 0.3) is 11.7 Å². The first-order valence-electron chi connectivity index (χ1n) is 9.69. The van der Waals surface area contributed by atoms with Crippen molar-refractivity contribution in [1.29, 1.82) is 0 Å². The third-order valence-electron chi connectivity index (χ3n) is 5.33. The number of Topliss-reactive ketones (excluding diaryl/α,β-unsaturated/α-hetero) is 1. The molecule has 0 bridgehead atoms. The lowest BCUT2D eigenvalue weighted by atomic mass is 9.94. The topological polar surface area (TPSA) is 66.8 Å². The fraction of sp³-hybridized carbons (Fsp3) is 0.120. The van der Waals surface area contributed by atoms with Crippen LogP contribution in [0.15, 0.2) is 82.8 Å². The summed E-state index contributed by atoms with van der Waals surface area (Å²) in [6, 6.07) is 20.8. The molecule has 0 aromatic heterocycles. The molecule has 1 heterocycles. The lowest BCUT2D eigenvalue weighted by Crippen LogP contribution is -2.29. The van der Waals surface area contributed by atoms with E-state index >= 15 is 0 Å². The van der Waals surface area contributed by atoms with Gasteiger partial charge in [-0.1, -0.05) is 46.3 Å². The van der Waals surface area contributed by atoms with Crippen LogP contribution in [0.5, 0.6) is 5.75 Å². The summed E-state index contributed by atoms with van der Waals surface area (Å²) in [5.41, 5.74) is 2.62. The molecule has 4 rings (SSSR count). The molecule has 1 aliphatic rings. The second-order valence-corrected chi connectivity index (χ2v) is 8.16. The predicted octanol–water partition coefficient (Wildman–Crippen LogP) is 5.39. The minimum atomic E-state index is -0.752. The zero-order valence-electron chi connectivity index (χ0n) is 17.0. The van der Waals surface area contributed by atoms with E-state index in [0.29, 0.717) is 17.0 Å². The van der Waals surface area contributed by atoms with Crippen LogP contribution in [-0.4, -0.2) is 23.9 Å². The number of ketones is 1. The number of rotatable bonds is 4. The monoisotopic (exact) mass is 477 g/mol. The van der Waals surface area contributed by atoms with Crippen LogP contribution in [0.3, 0.4) is 0 Å². The molecule has 0 aliphatic carbocycles. The van der Waals surface area contributed by atoms with Gasteiger partial charge < -0.3 is 9.84 Å². The molecule has 1 fully saturated rings. The van der Waals surface area contributed by atoms with Gasteiger partial charge in [0.2, 0.25) is 0 Å². The number of carbonyl (C=O) groups is 2. The van der Waals surface area contributed by atoms with Crippen LogP contribution in [0.4, 0.5) is 5.69 Å². The van der Waals surface area contributed by atoms with E-state index in [-0.39, 0.29) is 11.3 Å². The third-order valence-corrected chi connectivity index (χ3v) is 5.86. The molecule has 1 N–H and O–H groups in total. The fourth-order valence-electron chi connectivity index (χ4n) is 3.83. The SMILES string of the molecule is COc1ccc(/C(O)=C2/C(=O)C(=O)N(c3ccccc3)C2c2ccc(Br)cc2)cc1C. The van der Waals surface area contributed by atoms with Crippen LogP contribution < -0.4 is 9.64 Å². The van der Waals surface area contributed by atoms with Gasteiger partial charge in [0.1, 0.15) is 11.5 Å². The van der Waals surface area contributed by atoms with Gasteiger partial charge in [-0.25, -0.2) is 0 Å². The highest BCUT2D eigenvalue weighted by Crippen LogP contribution is 2.42. The van der Waals surface area contributed by atoms with E-state index in [9.17, 15) is 14.7 Å². The number of hydrogen-bond acceptors (Lipinski definition) is 4. The summed E-state index contributed by atoms with van der Waals surface area (Å²) in [7, 11) is 1.57. The average molecular weight is 478 g/mol. The molecular formula is C25H20BrNO4. The van der Waals surface area contributed by atoms with E-state index < -0.39 is 17.7 Å². The second kappa shape index (κ2) is 8.40. The van der Waals surface area contributed by atoms with Crippen molar-refractivity contribution < 1.29 is 19.4 Å². The number of anilines is 1. The molecule has 0 saturated carbocycles. The Balaban J connectivity index is 1.93. The summed E-state index contributed by atoms with van der Waals surface area (Å²) >= 11 is 3.42. The Labute approximate surface area is 188 Å². The minimum Gasteiger partial charge on any atom is -0.507 e. The molecule has 3 aromatic carbocycles. The Morgan fingerprint density at radius 3 is 2.29 bits per heavy atom. The summed E-state index contributed by atoms with van der Waals surface area (Å²) in [6.45, 7) is 1.85. The number of ether oxygens (including phenoxy) is 1. The largest absolute Gasteiger partial charge is 0.507 e. The Kier molecular flexibility index (Phi) is 5.65. The van der Waals surface area contributed by atoms with Gasteiger partial charge >= 0.3 is 0 Å². The predicted molar refractivity (Wildman–Crippen MR) is 123 cm³/mol. The number of amides is 1. The number of aliphatic hydroxyl groups excluding tert-OH is 1. The molecule has 156 valence electrons. The highest BCUT2D eigenvalue weighted by molar-refractivity contribution is 9.10. The molecule has 5 nitrogen and oxygen atoms in total. The van der Waals surface area contributed by atoms with Crippen LogP contribution in [0.1, 0.15) is 22.7 Å². The van der Waals surface area contributed by atoms with Crippen molar-refractivity contribution in [3.05, 3.63) is 99.5 Å². The number of methoxy groups -OCH3 is 1. The number of aliphatic hydroxyl groups is 1. The van der Waals surface area contributed by atoms with E-state index in [1.165, 1.54) is 4.90 Å². The molecule has 0 radical (unpaired) electrons. The number of para-hydroxylation sites is 1. The van der Waals surface area contributed by atoms with Crippen molar-refractivity contribution in [3.8, 4) is 5.75 Å². The normalized spacial score (nSPS) is 17.8. The first kappa shape index (κ1) is 20.9. The van der Waals surface area contributed by atoms with Crippen LogP contribution in [0.2, 0.25) is 0 Å². The maximum atomic E-state index is 13.1. The van der Waals surface area contributed by atoms with E-state index in [1.807, 2.05) is 37.3 Å². The van der Waals surface area contributed by atoms with Gasteiger partial charge in [-0.2, -0.15) is 0 Å². The summed E-state index contributed by atoms with van der Waals surface area (Å²) < 4.78 is 6.16. The average Bonchev–Trinajstić information content (AvgIpc) is 3.05. The lowest BCUT2D eigenvalue weighted by Gasteiger charge is -2.25. The Hall–Kier alpha value is -3.38. The summed E-state index contributed by atoms with van der Waals surface area (Å²) in [5, 5.41) is 11.2. The van der Waals surface area contributed by atoms with Gasteiger partial charge in [0.05, 0.1) is 18.7 Å². The molecule has 1 saturated heterocycles. The van der Waals surface area contributed by atoms with Crippen LogP contribution in [0.25, 0.3) is 5.76 Å². The van der Waals surface area contributed by atoms with Crippen molar-refractivity contribution in [2.24, 2.45) is 0 Å². The second-order valence-electron chi connectivity index (χ2n) is 7.24. The van der Waals surface area contributed by atoms with Crippen molar-refractivity contribution in [2.45, 2.75) is 13.0 Å². The maximum Gasteiger partial charge on any atom is 0.300 e. The zero-order chi connectivity index (χ0) is 22.1. The minimum absolute atomic E-state index is 0.0562. The number of benzene rings is 3. The number of carbonyl (C=O) groups excluding carboxylic acids is 2. The summed E-state index contributed by atoms with van der Waals surface area (Å²) in [5.74, 6) is -0.935. The fourth-order valence-corrected chi connectivity index (χ4v) is 4.09. The molecule has 1 atom stereocenters. The van der Waals surface area contributed by atoms with Crippen LogP contribution in [-0.2, 0) is 9.59 Å². The smallest absolute Gasteiger partial charge is 0.300 e. The Morgan fingerprint density at radius 1 is 1.00 bits per heavy atom. The van der Waals surface area contributed by atoms with Crippen molar-refractivity contribution in [1.82, 2.24) is 0 Å². The van der Waals surface area contributed by atoms with Gasteiger partial charge in [-0.3, -0.25) is 14.5 Å². The summed E-state index contributed by atoms with van der Waals surface area (Å²) in [4.78, 5) is 27.6. The lowest BCUT2D eigenvalue weighted by molar-refractivity contribution is -0.132. The molecule has 1 amide bonds. The highest BCUT2D eigenvalue weighted by atomic mass is 79.9. The molecular weight excluding hydrogens is 458 g/mol. The number of nitrogens with zero attached hydrogens (tertiary/aromatic N) is 1. The molecule has 1 aliphatic heterocycles. The maximum absolute atomic E-state index is 13.1. The Morgan fingerprint density at radius 2 is 1.68 bits per heavy atom. The molecule has 0 spiro atoms. The van der Waals surface area contributed by atoms with Gasteiger partial charge in [0.15, 0.2) is 0 Å². The van der Waals surface area contributed by atoms with Gasteiger partial charge in [0, 0.05) is 15.7 Å². The van der Waals surface area contributed by atoms with Gasteiger partial charge in [-0.05, 0) is 60.5 Å². The Bertz CT molecular complexity index is 1190. The van der Waals surface area contributed by atoms with Gasteiger partial charge in [-0.15, -0.1) is 0 Å². The first-order chi connectivity index (χ1) is 14.9. The van der Waals surface area contributed by atoms with Crippen LogP contribution in [0, 0.1) is 6.92 Å². The molecule has 3 aromatic rings. The third kappa shape index (κ3) is 3.75. The van der Waals surface area contributed by atoms with Crippen molar-refractivity contribution in [3.63, 3.8) is 0 Å². The highest BCUT2D eigenvalue weighted by Gasteiger charge is 2.46. The number of halogens is 1. The van der Waals surface area contributed by atoms with E-state index in [1.54, 1.807) is 49.6 Å². The quantitative estimate of drug-likeness (QED) is 0.310. The zero-order valence-corrected chi connectivity index (χ0v) is 18.6. The number of hydrogen-bond donors (Lipinski definition) is 1. The van der Waals surface area contributed by atoms with Crippen LogP contribution >= 0.6 is 15.9 Å². The van der Waals surface area contributed by atoms with Crippen molar-refractivity contribution in [2.75, 3.05) is 12.0 Å². The van der Waals surface area contributed by atoms with E-state index in [2.05, 4.69) is 15.9 Å². The molecule has 6 heteroatoms. The molecule has 31 heavy (non-hydrogen) atoms.